The number of nitrogens with one attached hydrogen (secondary N) is 1. The molecule has 1 aromatic rings. The Morgan fingerprint density at radius 2 is 2.05 bits per heavy atom. The van der Waals surface area contributed by atoms with Gasteiger partial charge in [-0.1, -0.05) is 37.3 Å². The highest BCUT2D eigenvalue weighted by atomic mass is 16.3. The molecule has 1 aliphatic rings. The van der Waals surface area contributed by atoms with Crippen molar-refractivity contribution in [2.75, 3.05) is 26.2 Å². The van der Waals surface area contributed by atoms with E-state index in [1.54, 1.807) is 0 Å². The molecule has 2 rings (SSSR count). The summed E-state index contributed by atoms with van der Waals surface area (Å²) in [6, 6.07) is 10.8. The molecular weight excluding hydrogens is 262 g/mol. The lowest BCUT2D eigenvalue weighted by Gasteiger charge is -2.35. The molecule has 4 N–H and O–H groups in total. The highest BCUT2D eigenvalue weighted by Crippen LogP contribution is 2.24. The SMILES string of the molecule is CC(CO)C(C)NC1(CN)CCN(Cc2ccccc2)C1. The van der Waals surface area contributed by atoms with Crippen molar-refractivity contribution in [3.8, 4) is 0 Å². The Morgan fingerprint density at radius 1 is 1.33 bits per heavy atom. The van der Waals surface area contributed by atoms with Crippen LogP contribution >= 0.6 is 0 Å². The molecule has 1 saturated heterocycles. The number of benzene rings is 1. The average molecular weight is 291 g/mol. The minimum absolute atomic E-state index is 0.0162. The highest BCUT2D eigenvalue weighted by Gasteiger charge is 2.38. The molecule has 3 unspecified atom stereocenters. The standard InChI is InChI=1S/C17H29N3O/c1-14(11-21)15(2)19-17(12-18)8-9-20(13-17)10-16-6-4-3-5-7-16/h3-7,14-15,19,21H,8-13,18H2,1-2H3. The first-order chi connectivity index (χ1) is 10.1. The largest absolute Gasteiger partial charge is 0.396 e. The van der Waals surface area contributed by atoms with E-state index in [1.807, 2.05) is 0 Å². The number of aliphatic hydroxyl groups excluding tert-OH is 1. The van der Waals surface area contributed by atoms with Crippen LogP contribution in [-0.4, -0.2) is 47.8 Å². The molecule has 0 aromatic heterocycles. The third-order valence-corrected chi connectivity index (χ3v) is 4.75. The Bertz CT molecular complexity index is 425. The van der Waals surface area contributed by atoms with Crippen LogP contribution < -0.4 is 11.1 Å². The lowest BCUT2D eigenvalue weighted by atomic mass is 9.94. The van der Waals surface area contributed by atoms with Crippen molar-refractivity contribution in [3.63, 3.8) is 0 Å². The molecule has 118 valence electrons. The zero-order valence-electron chi connectivity index (χ0n) is 13.3. The molecule has 4 nitrogen and oxygen atoms in total. The van der Waals surface area contributed by atoms with Gasteiger partial charge < -0.3 is 16.2 Å². The fraction of sp³-hybridized carbons (Fsp3) is 0.647. The van der Waals surface area contributed by atoms with E-state index in [-0.39, 0.29) is 24.1 Å². The monoisotopic (exact) mass is 291 g/mol. The van der Waals surface area contributed by atoms with E-state index < -0.39 is 0 Å². The van der Waals surface area contributed by atoms with Gasteiger partial charge in [-0.25, -0.2) is 0 Å². The van der Waals surface area contributed by atoms with Gasteiger partial charge in [-0.3, -0.25) is 4.90 Å². The predicted octanol–water partition coefficient (Wildman–Crippen LogP) is 1.20. The van der Waals surface area contributed by atoms with Gasteiger partial charge in [-0.2, -0.15) is 0 Å². The second kappa shape index (κ2) is 7.36. The topological polar surface area (TPSA) is 61.5 Å². The number of hydrogen-bond donors (Lipinski definition) is 3. The minimum Gasteiger partial charge on any atom is -0.396 e. The van der Waals surface area contributed by atoms with Gasteiger partial charge in [0.25, 0.3) is 0 Å². The molecule has 0 bridgehead atoms. The third-order valence-electron chi connectivity index (χ3n) is 4.75. The maximum absolute atomic E-state index is 9.30. The van der Waals surface area contributed by atoms with E-state index >= 15 is 0 Å². The van der Waals surface area contributed by atoms with Crippen LogP contribution in [0.4, 0.5) is 0 Å². The van der Waals surface area contributed by atoms with Crippen LogP contribution in [0.25, 0.3) is 0 Å². The molecule has 1 aliphatic heterocycles. The third kappa shape index (κ3) is 4.27. The molecular formula is C17H29N3O. The van der Waals surface area contributed by atoms with Crippen molar-refractivity contribution in [2.24, 2.45) is 11.7 Å². The zero-order valence-corrected chi connectivity index (χ0v) is 13.3. The molecule has 1 heterocycles. The average Bonchev–Trinajstić information content (AvgIpc) is 2.90. The van der Waals surface area contributed by atoms with E-state index in [9.17, 15) is 5.11 Å². The smallest absolute Gasteiger partial charge is 0.0471 e. The molecule has 0 spiro atoms. The quantitative estimate of drug-likeness (QED) is 0.706. The summed E-state index contributed by atoms with van der Waals surface area (Å²) in [6.07, 6.45) is 1.07. The van der Waals surface area contributed by atoms with Gasteiger partial charge in [0.05, 0.1) is 0 Å². The van der Waals surface area contributed by atoms with Crippen LogP contribution in [0.2, 0.25) is 0 Å². The van der Waals surface area contributed by atoms with E-state index in [2.05, 4.69) is 54.4 Å². The van der Waals surface area contributed by atoms with E-state index in [4.69, 9.17) is 5.73 Å². The molecule has 21 heavy (non-hydrogen) atoms. The predicted molar refractivity (Wildman–Crippen MR) is 87.0 cm³/mol. The molecule has 0 radical (unpaired) electrons. The minimum atomic E-state index is -0.0162. The first kappa shape index (κ1) is 16.4. The van der Waals surface area contributed by atoms with Crippen LogP contribution in [0.5, 0.6) is 0 Å². The molecule has 1 aromatic carbocycles. The first-order valence-corrected chi connectivity index (χ1v) is 7.93. The Labute approximate surface area is 128 Å². The van der Waals surface area contributed by atoms with Crippen molar-refractivity contribution < 1.29 is 5.11 Å². The molecule has 3 atom stereocenters. The van der Waals surface area contributed by atoms with E-state index in [0.29, 0.717) is 6.54 Å². The van der Waals surface area contributed by atoms with Gasteiger partial charge >= 0.3 is 0 Å². The van der Waals surface area contributed by atoms with Crippen LogP contribution in [0.15, 0.2) is 30.3 Å². The lowest BCUT2D eigenvalue weighted by molar-refractivity contribution is 0.178. The molecule has 0 aliphatic carbocycles. The van der Waals surface area contributed by atoms with Crippen LogP contribution in [0.1, 0.15) is 25.8 Å². The van der Waals surface area contributed by atoms with Crippen molar-refractivity contribution in [3.05, 3.63) is 35.9 Å². The summed E-state index contributed by atoms with van der Waals surface area (Å²) >= 11 is 0. The highest BCUT2D eigenvalue weighted by molar-refractivity contribution is 5.15. The zero-order chi connectivity index (χ0) is 15.3. The number of rotatable bonds is 7. The fourth-order valence-electron chi connectivity index (χ4n) is 3.06. The first-order valence-electron chi connectivity index (χ1n) is 7.93. The summed E-state index contributed by atoms with van der Waals surface area (Å²) in [4.78, 5) is 2.46. The molecule has 0 saturated carbocycles. The number of nitrogens with zero attached hydrogens (tertiary/aromatic N) is 1. The lowest BCUT2D eigenvalue weighted by Crippen LogP contribution is -2.57. The summed E-state index contributed by atoms with van der Waals surface area (Å²) in [6.45, 7) is 8.08. The number of likely N-dealkylation sites (tertiary alicyclic amines) is 1. The van der Waals surface area contributed by atoms with Gasteiger partial charge in [-0.05, 0) is 24.8 Å². The normalized spacial score (nSPS) is 25.9. The van der Waals surface area contributed by atoms with Crippen LogP contribution in [0, 0.1) is 5.92 Å². The maximum atomic E-state index is 9.30. The van der Waals surface area contributed by atoms with Gasteiger partial charge in [0.2, 0.25) is 0 Å². The summed E-state index contributed by atoms with van der Waals surface area (Å²) < 4.78 is 0. The van der Waals surface area contributed by atoms with E-state index in [1.165, 1.54) is 5.56 Å². The molecule has 1 fully saturated rings. The van der Waals surface area contributed by atoms with Crippen LogP contribution in [-0.2, 0) is 6.54 Å². The van der Waals surface area contributed by atoms with Crippen molar-refractivity contribution in [1.82, 2.24) is 10.2 Å². The summed E-state index contributed by atoms with van der Waals surface area (Å²) in [5.74, 6) is 0.247. The summed E-state index contributed by atoms with van der Waals surface area (Å²) in [7, 11) is 0. The second-order valence-corrected chi connectivity index (χ2v) is 6.52. The Hall–Kier alpha value is -0.940. The van der Waals surface area contributed by atoms with Crippen molar-refractivity contribution >= 4 is 0 Å². The number of hydrogen-bond acceptors (Lipinski definition) is 4. The van der Waals surface area contributed by atoms with Gasteiger partial charge in [-0.15, -0.1) is 0 Å². The Morgan fingerprint density at radius 3 is 2.67 bits per heavy atom. The van der Waals surface area contributed by atoms with Gasteiger partial charge in [0.1, 0.15) is 0 Å². The number of nitrogens with two attached hydrogens (primary N) is 1. The van der Waals surface area contributed by atoms with Crippen molar-refractivity contribution in [1.29, 1.82) is 0 Å². The fourth-order valence-corrected chi connectivity index (χ4v) is 3.06. The Balaban J connectivity index is 1.94. The van der Waals surface area contributed by atoms with Gasteiger partial charge in [0, 0.05) is 44.4 Å². The Kier molecular flexibility index (Phi) is 5.76. The summed E-state index contributed by atoms with van der Waals surface area (Å²) in [5.41, 5.74) is 7.40. The van der Waals surface area contributed by atoms with Crippen LogP contribution in [0.3, 0.4) is 0 Å². The second-order valence-electron chi connectivity index (χ2n) is 6.52. The number of aliphatic hydroxyl groups is 1. The molecule has 0 amide bonds. The van der Waals surface area contributed by atoms with Crippen molar-refractivity contribution in [2.45, 2.75) is 38.4 Å². The van der Waals surface area contributed by atoms with E-state index in [0.717, 1.165) is 26.1 Å². The maximum Gasteiger partial charge on any atom is 0.0471 e. The molecule has 4 heteroatoms. The van der Waals surface area contributed by atoms with Gasteiger partial charge in [0.15, 0.2) is 0 Å². The summed E-state index contributed by atoms with van der Waals surface area (Å²) in [5, 5.41) is 13.0.